The van der Waals surface area contributed by atoms with Crippen LogP contribution in [0.1, 0.15) is 30.5 Å². The van der Waals surface area contributed by atoms with Gasteiger partial charge in [-0.2, -0.15) is 0 Å². The third-order valence-electron chi connectivity index (χ3n) is 4.72. The molecule has 6 nitrogen and oxygen atoms in total. The Balaban J connectivity index is 1.54. The molecular formula is C22H29N5O. The van der Waals surface area contributed by atoms with Crippen molar-refractivity contribution in [3.8, 4) is 0 Å². The molecule has 0 radical (unpaired) electrons. The molecule has 1 aliphatic heterocycles. The van der Waals surface area contributed by atoms with Crippen molar-refractivity contribution in [2.24, 2.45) is 4.99 Å². The van der Waals surface area contributed by atoms with Gasteiger partial charge in [-0.1, -0.05) is 36.4 Å². The second-order valence-corrected chi connectivity index (χ2v) is 7.29. The summed E-state index contributed by atoms with van der Waals surface area (Å²) in [6.07, 6.45) is 1.04. The number of amides is 2. The number of nitrogens with one attached hydrogen (secondary N) is 3. The zero-order valence-corrected chi connectivity index (χ0v) is 16.8. The fourth-order valence-electron chi connectivity index (χ4n) is 3.33. The van der Waals surface area contributed by atoms with Crippen molar-refractivity contribution in [1.29, 1.82) is 0 Å². The maximum atomic E-state index is 11.8. The van der Waals surface area contributed by atoms with Gasteiger partial charge in [-0.25, -0.2) is 4.79 Å². The molecule has 0 atom stereocenters. The molecule has 0 bridgehead atoms. The smallest absolute Gasteiger partial charge is 0.319 e. The van der Waals surface area contributed by atoms with Gasteiger partial charge in [-0.3, -0.25) is 4.99 Å². The number of anilines is 1. The Morgan fingerprint density at radius 1 is 1.11 bits per heavy atom. The van der Waals surface area contributed by atoms with Gasteiger partial charge in [0.15, 0.2) is 5.96 Å². The summed E-state index contributed by atoms with van der Waals surface area (Å²) in [5, 5.41) is 9.10. The number of fused-ring (bicyclic) bond motifs is 1. The number of hydrogen-bond donors (Lipinski definition) is 3. The first-order chi connectivity index (χ1) is 13.5. The standard InChI is InChI=1S/C22H29N5O/c1-16(2)25-22(28)26-20-10-8-17(9-11-20)14-24-21(23-3)27-13-12-18-6-4-5-7-19(18)15-27/h4-11,16H,12-15H2,1-3H3,(H,23,24)(H2,25,26,28). The fourth-order valence-corrected chi connectivity index (χ4v) is 3.33. The van der Waals surface area contributed by atoms with Crippen LogP contribution in [0.4, 0.5) is 10.5 Å². The zero-order chi connectivity index (χ0) is 19.9. The number of urea groups is 1. The van der Waals surface area contributed by atoms with Gasteiger partial charge in [0.05, 0.1) is 0 Å². The average molecular weight is 380 g/mol. The van der Waals surface area contributed by atoms with Crippen LogP contribution in [-0.2, 0) is 19.5 Å². The lowest BCUT2D eigenvalue weighted by atomic mass is 10.0. The molecule has 1 aliphatic rings. The molecule has 28 heavy (non-hydrogen) atoms. The summed E-state index contributed by atoms with van der Waals surface area (Å²) in [6.45, 7) is 6.39. The molecular weight excluding hydrogens is 350 g/mol. The molecule has 0 fully saturated rings. The summed E-state index contributed by atoms with van der Waals surface area (Å²) in [5.41, 5.74) is 4.71. The van der Waals surface area contributed by atoms with E-state index in [1.807, 2.05) is 45.2 Å². The minimum absolute atomic E-state index is 0.108. The van der Waals surface area contributed by atoms with Crippen molar-refractivity contribution < 1.29 is 4.79 Å². The van der Waals surface area contributed by atoms with Crippen molar-refractivity contribution in [3.05, 3.63) is 65.2 Å². The molecule has 0 spiro atoms. The molecule has 0 aromatic heterocycles. The van der Waals surface area contributed by atoms with E-state index in [2.05, 4.69) is 50.1 Å². The number of rotatable bonds is 4. The van der Waals surface area contributed by atoms with E-state index in [0.29, 0.717) is 6.54 Å². The largest absolute Gasteiger partial charge is 0.352 e. The van der Waals surface area contributed by atoms with E-state index in [1.165, 1.54) is 11.1 Å². The van der Waals surface area contributed by atoms with Gasteiger partial charge in [0.25, 0.3) is 0 Å². The molecule has 2 aromatic carbocycles. The predicted octanol–water partition coefficient (Wildman–Crippen LogP) is 3.35. The number of carbonyl (C=O) groups excluding carboxylic acids is 1. The van der Waals surface area contributed by atoms with E-state index in [4.69, 9.17) is 0 Å². The molecule has 0 unspecified atom stereocenters. The number of hydrogen-bond acceptors (Lipinski definition) is 2. The van der Waals surface area contributed by atoms with Crippen LogP contribution in [0.2, 0.25) is 0 Å². The van der Waals surface area contributed by atoms with Gasteiger partial charge in [0.1, 0.15) is 0 Å². The van der Waals surface area contributed by atoms with Crippen LogP contribution in [0, 0.1) is 0 Å². The van der Waals surface area contributed by atoms with Crippen molar-refractivity contribution in [2.75, 3.05) is 18.9 Å². The van der Waals surface area contributed by atoms with Crippen LogP contribution in [0.15, 0.2) is 53.5 Å². The zero-order valence-electron chi connectivity index (χ0n) is 16.8. The number of nitrogens with zero attached hydrogens (tertiary/aromatic N) is 2. The topological polar surface area (TPSA) is 68.8 Å². The summed E-state index contributed by atoms with van der Waals surface area (Å²) in [7, 11) is 1.82. The molecule has 0 aliphatic carbocycles. The van der Waals surface area contributed by atoms with E-state index in [0.717, 1.165) is 36.7 Å². The molecule has 148 valence electrons. The predicted molar refractivity (Wildman–Crippen MR) is 114 cm³/mol. The van der Waals surface area contributed by atoms with Crippen LogP contribution in [0.5, 0.6) is 0 Å². The highest BCUT2D eigenvalue weighted by atomic mass is 16.2. The molecule has 6 heteroatoms. The van der Waals surface area contributed by atoms with Gasteiger partial charge in [0.2, 0.25) is 0 Å². The van der Waals surface area contributed by atoms with Crippen LogP contribution in [-0.4, -0.2) is 36.5 Å². The first-order valence-corrected chi connectivity index (χ1v) is 9.74. The van der Waals surface area contributed by atoms with Crippen LogP contribution in [0.25, 0.3) is 0 Å². The highest BCUT2D eigenvalue weighted by molar-refractivity contribution is 5.89. The highest BCUT2D eigenvalue weighted by Gasteiger charge is 2.18. The van der Waals surface area contributed by atoms with Gasteiger partial charge >= 0.3 is 6.03 Å². The van der Waals surface area contributed by atoms with Crippen LogP contribution >= 0.6 is 0 Å². The Labute approximate surface area is 167 Å². The molecule has 3 N–H and O–H groups in total. The lowest BCUT2D eigenvalue weighted by Gasteiger charge is -2.31. The first kappa shape index (κ1) is 19.7. The third-order valence-corrected chi connectivity index (χ3v) is 4.72. The second-order valence-electron chi connectivity index (χ2n) is 7.29. The lowest BCUT2D eigenvalue weighted by molar-refractivity contribution is 0.250. The van der Waals surface area contributed by atoms with Gasteiger partial charge in [-0.05, 0) is 49.1 Å². The molecule has 0 saturated carbocycles. The summed E-state index contributed by atoms with van der Waals surface area (Å²) in [6, 6.07) is 16.4. The van der Waals surface area contributed by atoms with E-state index < -0.39 is 0 Å². The van der Waals surface area contributed by atoms with Crippen molar-refractivity contribution >= 4 is 17.7 Å². The lowest BCUT2D eigenvalue weighted by Crippen LogP contribution is -2.43. The summed E-state index contributed by atoms with van der Waals surface area (Å²) < 4.78 is 0. The van der Waals surface area contributed by atoms with E-state index in [-0.39, 0.29) is 12.1 Å². The second kappa shape index (κ2) is 9.26. The number of guanidine groups is 1. The SMILES string of the molecule is CN=C(NCc1ccc(NC(=O)NC(C)C)cc1)N1CCc2ccccc2C1. The number of benzene rings is 2. The Kier molecular flexibility index (Phi) is 6.53. The molecule has 0 saturated heterocycles. The number of carbonyl (C=O) groups is 1. The highest BCUT2D eigenvalue weighted by Crippen LogP contribution is 2.18. The fraction of sp³-hybridized carbons (Fsp3) is 0.364. The summed E-state index contributed by atoms with van der Waals surface area (Å²) in [4.78, 5) is 18.5. The van der Waals surface area contributed by atoms with E-state index in [1.54, 1.807) is 0 Å². The Bertz CT molecular complexity index is 829. The normalized spacial score (nSPS) is 13.9. The maximum absolute atomic E-state index is 11.8. The summed E-state index contributed by atoms with van der Waals surface area (Å²) >= 11 is 0. The van der Waals surface area contributed by atoms with Gasteiger partial charge in [0, 0.05) is 38.4 Å². The minimum atomic E-state index is -0.188. The molecule has 2 amide bonds. The number of aliphatic imine (C=N–C) groups is 1. The van der Waals surface area contributed by atoms with E-state index >= 15 is 0 Å². The van der Waals surface area contributed by atoms with Crippen molar-refractivity contribution in [2.45, 2.75) is 39.4 Å². The van der Waals surface area contributed by atoms with Crippen LogP contribution in [0.3, 0.4) is 0 Å². The van der Waals surface area contributed by atoms with E-state index in [9.17, 15) is 4.79 Å². The monoisotopic (exact) mass is 379 g/mol. The molecule has 1 heterocycles. The van der Waals surface area contributed by atoms with Gasteiger partial charge in [-0.15, -0.1) is 0 Å². The minimum Gasteiger partial charge on any atom is -0.352 e. The van der Waals surface area contributed by atoms with Crippen molar-refractivity contribution in [1.82, 2.24) is 15.5 Å². The Hall–Kier alpha value is -3.02. The Morgan fingerprint density at radius 2 is 1.82 bits per heavy atom. The Morgan fingerprint density at radius 3 is 2.50 bits per heavy atom. The summed E-state index contributed by atoms with van der Waals surface area (Å²) in [5.74, 6) is 0.910. The first-order valence-electron chi connectivity index (χ1n) is 9.74. The maximum Gasteiger partial charge on any atom is 0.319 e. The average Bonchev–Trinajstić information content (AvgIpc) is 2.69. The third kappa shape index (κ3) is 5.25. The van der Waals surface area contributed by atoms with Gasteiger partial charge < -0.3 is 20.9 Å². The quantitative estimate of drug-likeness (QED) is 0.564. The molecule has 2 aromatic rings. The van der Waals surface area contributed by atoms with Crippen molar-refractivity contribution in [3.63, 3.8) is 0 Å². The van der Waals surface area contributed by atoms with Crippen LogP contribution < -0.4 is 16.0 Å². The molecule has 3 rings (SSSR count).